The lowest BCUT2D eigenvalue weighted by Crippen LogP contribution is -2.11. The van der Waals surface area contributed by atoms with Crippen LogP contribution in [0.5, 0.6) is 5.75 Å². The number of ether oxygens (including phenoxy) is 1. The van der Waals surface area contributed by atoms with Gasteiger partial charge in [-0.15, -0.1) is 0 Å². The Morgan fingerprint density at radius 2 is 1.96 bits per heavy atom. The zero-order chi connectivity index (χ0) is 19.4. The number of fused-ring (bicyclic) bond motifs is 1. The number of imidazole rings is 1. The smallest absolute Gasteiger partial charge is 0.238 e. The van der Waals surface area contributed by atoms with Crippen molar-refractivity contribution in [1.29, 1.82) is 0 Å². The molecule has 3 aromatic rings. The van der Waals surface area contributed by atoms with E-state index >= 15 is 0 Å². The van der Waals surface area contributed by atoms with Gasteiger partial charge in [-0.3, -0.25) is 0 Å². The number of aromatic nitrogens is 2. The Hall–Kier alpha value is -2.64. The minimum Gasteiger partial charge on any atom is -0.490 e. The zero-order valence-electron chi connectivity index (χ0n) is 15.3. The van der Waals surface area contributed by atoms with Crippen LogP contribution in [0, 0.1) is 0 Å². The van der Waals surface area contributed by atoms with E-state index in [1.54, 1.807) is 12.1 Å². The highest BCUT2D eigenvalue weighted by Gasteiger charge is 2.16. The van der Waals surface area contributed by atoms with E-state index in [1.807, 2.05) is 24.3 Å². The Bertz CT molecular complexity index is 1050. The van der Waals surface area contributed by atoms with Gasteiger partial charge in [-0.05, 0) is 48.9 Å². The molecular formula is C20H23N3O3S. The lowest BCUT2D eigenvalue weighted by molar-refractivity contribution is 0.363. The first-order chi connectivity index (χ1) is 12.9. The predicted octanol–water partition coefficient (Wildman–Crippen LogP) is 3.72. The van der Waals surface area contributed by atoms with E-state index in [2.05, 4.69) is 23.1 Å². The molecule has 7 heteroatoms. The van der Waals surface area contributed by atoms with E-state index in [9.17, 15) is 8.42 Å². The van der Waals surface area contributed by atoms with E-state index in [-0.39, 0.29) is 4.90 Å². The van der Waals surface area contributed by atoms with E-state index in [4.69, 9.17) is 9.88 Å². The van der Waals surface area contributed by atoms with Gasteiger partial charge in [0.05, 0.1) is 15.9 Å². The van der Waals surface area contributed by atoms with Crippen LogP contribution in [0.3, 0.4) is 0 Å². The van der Waals surface area contributed by atoms with Crippen LogP contribution >= 0.6 is 0 Å². The average molecular weight is 385 g/mol. The molecule has 0 spiro atoms. The molecule has 0 bridgehead atoms. The largest absolute Gasteiger partial charge is 0.490 e. The van der Waals surface area contributed by atoms with Gasteiger partial charge in [-0.1, -0.05) is 26.0 Å². The van der Waals surface area contributed by atoms with Crippen molar-refractivity contribution in [3.05, 3.63) is 55.1 Å². The molecule has 0 aliphatic rings. The Kier molecular flexibility index (Phi) is 5.62. The maximum absolute atomic E-state index is 11.7. The fraction of sp³-hybridized carbons (Fsp3) is 0.250. The quantitative estimate of drug-likeness (QED) is 0.599. The van der Waals surface area contributed by atoms with E-state index in [0.29, 0.717) is 12.1 Å². The maximum atomic E-state index is 11.7. The van der Waals surface area contributed by atoms with E-state index in [0.717, 1.165) is 42.0 Å². The van der Waals surface area contributed by atoms with Crippen LogP contribution < -0.4 is 9.88 Å². The molecular weight excluding hydrogens is 362 g/mol. The normalized spacial score (nSPS) is 11.6. The lowest BCUT2D eigenvalue weighted by atomic mass is 10.2. The standard InChI is InChI=1S/C20H23N3O3S/c1-3-5-12-23-19-11-10-17(27(21,24)25)14-18(19)22-20(23)15-6-8-16(9-7-15)26-13-4-2/h4,6-11,14H,2-3,5,12-13H2,1H3,(H2,21,24,25). The number of primary sulfonamides is 1. The van der Waals surface area contributed by atoms with Crippen molar-refractivity contribution >= 4 is 21.1 Å². The highest BCUT2D eigenvalue weighted by molar-refractivity contribution is 7.89. The predicted molar refractivity (Wildman–Crippen MR) is 107 cm³/mol. The van der Waals surface area contributed by atoms with E-state index < -0.39 is 10.0 Å². The van der Waals surface area contributed by atoms with Gasteiger partial charge in [0.15, 0.2) is 0 Å². The monoisotopic (exact) mass is 385 g/mol. The molecule has 0 unspecified atom stereocenters. The third-order valence-corrected chi connectivity index (χ3v) is 5.17. The average Bonchev–Trinajstić information content (AvgIpc) is 3.02. The number of sulfonamides is 1. The number of hydrogen-bond acceptors (Lipinski definition) is 4. The number of nitrogens with zero attached hydrogens (tertiary/aromatic N) is 2. The summed E-state index contributed by atoms with van der Waals surface area (Å²) in [6.45, 7) is 7.01. The summed E-state index contributed by atoms with van der Waals surface area (Å²) in [7, 11) is -3.77. The molecule has 0 radical (unpaired) electrons. The highest BCUT2D eigenvalue weighted by Crippen LogP contribution is 2.28. The van der Waals surface area contributed by atoms with Crippen LogP contribution in [0.25, 0.3) is 22.4 Å². The topological polar surface area (TPSA) is 87.2 Å². The molecule has 0 aliphatic heterocycles. The molecule has 0 atom stereocenters. The van der Waals surface area contributed by atoms with Crippen LogP contribution in [0.4, 0.5) is 0 Å². The summed E-state index contributed by atoms with van der Waals surface area (Å²) in [4.78, 5) is 4.75. The number of nitrogens with two attached hydrogens (primary N) is 1. The number of hydrogen-bond donors (Lipinski definition) is 1. The Morgan fingerprint density at radius 1 is 1.22 bits per heavy atom. The molecule has 2 aromatic carbocycles. The lowest BCUT2D eigenvalue weighted by Gasteiger charge is -2.10. The molecule has 0 fully saturated rings. The first-order valence-electron chi connectivity index (χ1n) is 8.81. The number of benzene rings is 2. The summed E-state index contributed by atoms with van der Waals surface area (Å²) in [5.41, 5.74) is 2.43. The Balaban J connectivity index is 2.08. The summed E-state index contributed by atoms with van der Waals surface area (Å²) >= 11 is 0. The minimum absolute atomic E-state index is 0.0647. The van der Waals surface area contributed by atoms with E-state index in [1.165, 1.54) is 12.1 Å². The first kappa shape index (κ1) is 19.1. The molecule has 0 saturated heterocycles. The molecule has 142 valence electrons. The maximum Gasteiger partial charge on any atom is 0.238 e. The minimum atomic E-state index is -3.77. The summed E-state index contributed by atoms with van der Waals surface area (Å²) in [5.74, 6) is 1.55. The van der Waals surface area contributed by atoms with Crippen molar-refractivity contribution in [1.82, 2.24) is 9.55 Å². The SMILES string of the molecule is C=CCOc1ccc(-c2nc3cc(S(N)(=O)=O)ccc3n2CCCC)cc1. The number of rotatable bonds is 8. The molecule has 1 heterocycles. The van der Waals surface area contributed by atoms with Gasteiger partial charge in [-0.25, -0.2) is 18.5 Å². The van der Waals surface area contributed by atoms with Gasteiger partial charge in [0.25, 0.3) is 0 Å². The van der Waals surface area contributed by atoms with Gasteiger partial charge >= 0.3 is 0 Å². The van der Waals surface area contributed by atoms with Gasteiger partial charge in [0, 0.05) is 12.1 Å². The molecule has 0 aliphatic carbocycles. The fourth-order valence-electron chi connectivity index (χ4n) is 2.90. The Morgan fingerprint density at radius 3 is 2.59 bits per heavy atom. The van der Waals surface area contributed by atoms with Crippen molar-refractivity contribution < 1.29 is 13.2 Å². The Labute approximate surface area is 159 Å². The summed E-state index contributed by atoms with van der Waals surface area (Å²) < 4.78 is 31.0. The molecule has 1 aromatic heterocycles. The van der Waals surface area contributed by atoms with Gasteiger partial charge < -0.3 is 9.30 Å². The number of unbranched alkanes of at least 4 members (excludes halogenated alkanes) is 1. The van der Waals surface area contributed by atoms with Crippen LogP contribution in [0.2, 0.25) is 0 Å². The second-order valence-electron chi connectivity index (χ2n) is 6.26. The third-order valence-electron chi connectivity index (χ3n) is 4.26. The summed E-state index contributed by atoms with van der Waals surface area (Å²) in [5, 5.41) is 5.26. The second-order valence-corrected chi connectivity index (χ2v) is 7.82. The molecule has 27 heavy (non-hydrogen) atoms. The molecule has 0 saturated carbocycles. The van der Waals surface area contributed by atoms with Gasteiger partial charge in [0.1, 0.15) is 18.2 Å². The first-order valence-corrected chi connectivity index (χ1v) is 10.4. The molecule has 0 amide bonds. The van der Waals surface area contributed by atoms with Crippen LogP contribution in [0.1, 0.15) is 19.8 Å². The molecule has 3 rings (SSSR count). The van der Waals surface area contributed by atoms with Crippen LogP contribution in [0.15, 0.2) is 60.0 Å². The fourth-order valence-corrected chi connectivity index (χ4v) is 3.44. The van der Waals surface area contributed by atoms with Crippen molar-refractivity contribution in [2.45, 2.75) is 31.2 Å². The van der Waals surface area contributed by atoms with Crippen molar-refractivity contribution in [3.63, 3.8) is 0 Å². The zero-order valence-corrected chi connectivity index (χ0v) is 16.1. The molecule has 2 N–H and O–H groups in total. The van der Waals surface area contributed by atoms with Crippen molar-refractivity contribution in [3.8, 4) is 17.1 Å². The summed E-state index contributed by atoms with van der Waals surface area (Å²) in [6.07, 6.45) is 3.74. The molecule has 6 nitrogen and oxygen atoms in total. The second kappa shape index (κ2) is 7.94. The van der Waals surface area contributed by atoms with Gasteiger partial charge in [-0.2, -0.15) is 0 Å². The van der Waals surface area contributed by atoms with Crippen LogP contribution in [-0.4, -0.2) is 24.6 Å². The van der Waals surface area contributed by atoms with Crippen molar-refractivity contribution in [2.24, 2.45) is 5.14 Å². The summed E-state index contributed by atoms with van der Waals surface area (Å²) in [6, 6.07) is 12.5. The van der Waals surface area contributed by atoms with Gasteiger partial charge in [0.2, 0.25) is 10.0 Å². The highest BCUT2D eigenvalue weighted by atomic mass is 32.2. The van der Waals surface area contributed by atoms with Crippen LogP contribution in [-0.2, 0) is 16.6 Å². The third kappa shape index (κ3) is 4.20. The van der Waals surface area contributed by atoms with Crippen molar-refractivity contribution in [2.75, 3.05) is 6.61 Å². The number of aryl methyl sites for hydroxylation is 1.